The number of nitro benzene ring substituents is 1. The number of rotatable bonds is 3. The van der Waals surface area contributed by atoms with Gasteiger partial charge in [0.05, 0.1) is 10.4 Å². The van der Waals surface area contributed by atoms with Gasteiger partial charge < -0.3 is 9.80 Å². The van der Waals surface area contributed by atoms with Gasteiger partial charge in [0.1, 0.15) is 11.4 Å². The molecule has 2 aromatic carbocycles. The van der Waals surface area contributed by atoms with Crippen LogP contribution in [0.4, 0.5) is 11.5 Å². The lowest BCUT2D eigenvalue weighted by molar-refractivity contribution is -0.385. The molecule has 0 atom stereocenters. The molecule has 0 radical (unpaired) electrons. The van der Waals surface area contributed by atoms with E-state index in [0.717, 1.165) is 16.7 Å². The van der Waals surface area contributed by atoms with E-state index >= 15 is 0 Å². The Morgan fingerprint density at radius 3 is 2.41 bits per heavy atom. The molecule has 1 aliphatic rings. The van der Waals surface area contributed by atoms with Crippen molar-refractivity contribution in [1.82, 2.24) is 9.88 Å². The molecule has 0 aliphatic carbocycles. The third-order valence-corrected chi connectivity index (χ3v) is 4.81. The van der Waals surface area contributed by atoms with Crippen molar-refractivity contribution >= 4 is 28.3 Å². The summed E-state index contributed by atoms with van der Waals surface area (Å²) in [5.41, 5.74) is 0.925. The highest BCUT2D eigenvalue weighted by molar-refractivity contribution is 5.98. The van der Waals surface area contributed by atoms with Crippen LogP contribution >= 0.6 is 0 Å². The summed E-state index contributed by atoms with van der Waals surface area (Å²) < 4.78 is 0. The smallest absolute Gasteiger partial charge is 0.282 e. The number of para-hydroxylation sites is 2. The molecule has 7 nitrogen and oxygen atoms in total. The second kappa shape index (κ2) is 7.03. The average molecular weight is 362 g/mol. The molecule has 1 fully saturated rings. The number of carbonyl (C=O) groups is 1. The lowest BCUT2D eigenvalue weighted by Gasteiger charge is -2.35. The van der Waals surface area contributed by atoms with Gasteiger partial charge in [-0.3, -0.25) is 14.9 Å². The number of carbonyl (C=O) groups excluding carboxylic acids is 1. The number of fused-ring (bicyclic) bond motifs is 1. The van der Waals surface area contributed by atoms with E-state index in [9.17, 15) is 14.9 Å². The Morgan fingerprint density at radius 1 is 0.926 bits per heavy atom. The first-order valence-corrected chi connectivity index (χ1v) is 8.77. The summed E-state index contributed by atoms with van der Waals surface area (Å²) in [6.07, 6.45) is 0. The predicted octanol–water partition coefficient (Wildman–Crippen LogP) is 3.11. The number of hydrogen-bond donors (Lipinski definition) is 0. The van der Waals surface area contributed by atoms with E-state index in [2.05, 4.69) is 4.90 Å². The normalized spacial score (nSPS) is 14.4. The van der Waals surface area contributed by atoms with Crippen LogP contribution in [0.3, 0.4) is 0 Å². The number of benzene rings is 2. The van der Waals surface area contributed by atoms with E-state index in [-0.39, 0.29) is 17.2 Å². The van der Waals surface area contributed by atoms with Crippen molar-refractivity contribution in [3.05, 3.63) is 76.3 Å². The molecule has 0 saturated carbocycles. The molecule has 1 amide bonds. The molecule has 0 spiro atoms. The molecule has 0 N–H and O–H groups in total. The zero-order valence-electron chi connectivity index (χ0n) is 14.6. The molecular weight excluding hydrogens is 344 g/mol. The predicted molar refractivity (Wildman–Crippen MR) is 103 cm³/mol. The highest BCUT2D eigenvalue weighted by Crippen LogP contribution is 2.22. The van der Waals surface area contributed by atoms with Gasteiger partial charge in [0.15, 0.2) is 0 Å². The van der Waals surface area contributed by atoms with Crippen LogP contribution in [0, 0.1) is 10.1 Å². The lowest BCUT2D eigenvalue weighted by atomic mass is 10.1. The van der Waals surface area contributed by atoms with E-state index < -0.39 is 4.92 Å². The minimum atomic E-state index is -0.511. The Kier molecular flexibility index (Phi) is 4.42. The van der Waals surface area contributed by atoms with Crippen molar-refractivity contribution in [3.63, 3.8) is 0 Å². The topological polar surface area (TPSA) is 79.6 Å². The van der Waals surface area contributed by atoms with Gasteiger partial charge in [-0.25, -0.2) is 4.98 Å². The van der Waals surface area contributed by atoms with Crippen molar-refractivity contribution in [2.75, 3.05) is 31.1 Å². The minimum Gasteiger partial charge on any atom is -0.353 e. The van der Waals surface area contributed by atoms with Gasteiger partial charge in [0.25, 0.3) is 11.6 Å². The summed E-state index contributed by atoms with van der Waals surface area (Å²) >= 11 is 0. The van der Waals surface area contributed by atoms with Crippen LogP contribution in [0.2, 0.25) is 0 Å². The number of pyridine rings is 1. The molecule has 3 aromatic rings. The average Bonchev–Trinajstić information content (AvgIpc) is 2.73. The third-order valence-electron chi connectivity index (χ3n) is 4.81. The van der Waals surface area contributed by atoms with Gasteiger partial charge in [-0.1, -0.05) is 30.3 Å². The fourth-order valence-electron chi connectivity index (χ4n) is 3.35. The van der Waals surface area contributed by atoms with Crippen molar-refractivity contribution in [3.8, 4) is 0 Å². The molecule has 1 aliphatic heterocycles. The van der Waals surface area contributed by atoms with E-state index in [0.29, 0.717) is 26.2 Å². The highest BCUT2D eigenvalue weighted by Gasteiger charge is 2.27. The number of nitrogens with zero attached hydrogens (tertiary/aromatic N) is 4. The molecule has 1 aromatic heterocycles. The van der Waals surface area contributed by atoms with Crippen LogP contribution in [-0.2, 0) is 0 Å². The molecule has 2 heterocycles. The fourth-order valence-corrected chi connectivity index (χ4v) is 3.35. The van der Waals surface area contributed by atoms with Crippen LogP contribution in [0.1, 0.15) is 10.4 Å². The fraction of sp³-hybridized carbons (Fsp3) is 0.200. The van der Waals surface area contributed by atoms with Gasteiger partial charge >= 0.3 is 0 Å². The number of hydrogen-bond acceptors (Lipinski definition) is 5. The summed E-state index contributed by atoms with van der Waals surface area (Å²) in [7, 11) is 0. The zero-order chi connectivity index (χ0) is 18.8. The zero-order valence-corrected chi connectivity index (χ0v) is 14.6. The minimum absolute atomic E-state index is 0.139. The Bertz CT molecular complexity index is 1010. The Balaban J connectivity index is 1.48. The molecule has 4 rings (SSSR count). The number of nitro groups is 1. The largest absolute Gasteiger partial charge is 0.353 e. The van der Waals surface area contributed by atoms with E-state index in [1.54, 1.807) is 17.0 Å². The Labute approximate surface area is 156 Å². The lowest BCUT2D eigenvalue weighted by Crippen LogP contribution is -2.49. The highest BCUT2D eigenvalue weighted by atomic mass is 16.6. The van der Waals surface area contributed by atoms with Crippen molar-refractivity contribution in [2.45, 2.75) is 0 Å². The van der Waals surface area contributed by atoms with Crippen LogP contribution in [0.25, 0.3) is 10.9 Å². The van der Waals surface area contributed by atoms with E-state index in [1.807, 2.05) is 36.4 Å². The SMILES string of the molecule is O=C(c1ccccc1[N+](=O)[O-])N1CCN(c2ccc3ccccc3n2)CC1. The maximum absolute atomic E-state index is 12.7. The molecular formula is C20H18N4O3. The Hall–Kier alpha value is -3.48. The molecule has 0 unspecified atom stereocenters. The van der Waals surface area contributed by atoms with Crippen LogP contribution in [-0.4, -0.2) is 46.9 Å². The summed E-state index contributed by atoms with van der Waals surface area (Å²) in [5.74, 6) is 0.583. The second-order valence-corrected chi connectivity index (χ2v) is 6.42. The molecule has 0 bridgehead atoms. The van der Waals surface area contributed by atoms with Crippen LogP contribution in [0.5, 0.6) is 0 Å². The van der Waals surface area contributed by atoms with Crippen molar-refractivity contribution < 1.29 is 9.72 Å². The van der Waals surface area contributed by atoms with Gasteiger partial charge in [-0.15, -0.1) is 0 Å². The maximum atomic E-state index is 12.7. The summed E-state index contributed by atoms with van der Waals surface area (Å²) in [6.45, 7) is 2.27. The van der Waals surface area contributed by atoms with Crippen LogP contribution in [0.15, 0.2) is 60.7 Å². The Morgan fingerprint density at radius 2 is 1.63 bits per heavy atom. The van der Waals surface area contributed by atoms with Gasteiger partial charge in [-0.05, 0) is 24.3 Å². The molecule has 1 saturated heterocycles. The first kappa shape index (κ1) is 17.0. The molecule has 136 valence electrons. The quantitative estimate of drug-likeness (QED) is 0.528. The summed E-state index contributed by atoms with van der Waals surface area (Å²) in [5, 5.41) is 12.3. The first-order valence-electron chi connectivity index (χ1n) is 8.77. The first-order chi connectivity index (χ1) is 13.1. The van der Waals surface area contributed by atoms with Crippen LogP contribution < -0.4 is 4.90 Å². The van der Waals surface area contributed by atoms with E-state index in [1.165, 1.54) is 12.1 Å². The number of amides is 1. The van der Waals surface area contributed by atoms with Gasteiger partial charge in [0.2, 0.25) is 0 Å². The standard InChI is InChI=1S/C20H18N4O3/c25-20(16-6-2-4-8-18(16)24(26)27)23-13-11-22(12-14-23)19-10-9-15-5-1-3-7-17(15)21-19/h1-10H,11-14H2. The number of anilines is 1. The summed E-state index contributed by atoms with van der Waals surface area (Å²) in [4.78, 5) is 31.9. The second-order valence-electron chi connectivity index (χ2n) is 6.42. The molecule has 7 heteroatoms. The van der Waals surface area contributed by atoms with Gasteiger partial charge in [0, 0.05) is 37.6 Å². The van der Waals surface area contributed by atoms with Gasteiger partial charge in [-0.2, -0.15) is 0 Å². The third kappa shape index (κ3) is 3.31. The number of aromatic nitrogens is 1. The summed E-state index contributed by atoms with van der Waals surface area (Å²) in [6, 6.07) is 18.1. The van der Waals surface area contributed by atoms with Crippen molar-refractivity contribution in [2.24, 2.45) is 0 Å². The van der Waals surface area contributed by atoms with Crippen molar-refractivity contribution in [1.29, 1.82) is 0 Å². The van der Waals surface area contributed by atoms with E-state index in [4.69, 9.17) is 4.98 Å². The monoisotopic (exact) mass is 362 g/mol. The number of piperazine rings is 1. The maximum Gasteiger partial charge on any atom is 0.282 e. The molecule has 27 heavy (non-hydrogen) atoms.